The van der Waals surface area contributed by atoms with Crippen molar-refractivity contribution in [2.24, 2.45) is 0 Å². The molecule has 0 heterocycles. The van der Waals surface area contributed by atoms with Crippen LogP contribution in [-0.4, -0.2) is 0 Å². The maximum atomic E-state index is 4.72. The molecule has 1 rings (SSSR count). The van der Waals surface area contributed by atoms with E-state index in [1.165, 1.54) is 0 Å². The van der Waals surface area contributed by atoms with Gasteiger partial charge in [0.05, 0.1) is 0 Å². The van der Waals surface area contributed by atoms with Crippen LogP contribution in [0.3, 0.4) is 0 Å². The van der Waals surface area contributed by atoms with Crippen molar-refractivity contribution in [2.45, 2.75) is 0 Å². The van der Waals surface area contributed by atoms with Crippen molar-refractivity contribution in [3.05, 3.63) is 40.7 Å². The monoisotopic (exact) mass is 373 g/mol. The van der Waals surface area contributed by atoms with Gasteiger partial charge in [0.25, 0.3) is 0 Å². The van der Waals surface area contributed by atoms with Crippen molar-refractivity contribution in [3.8, 4) is 0 Å². The van der Waals surface area contributed by atoms with Gasteiger partial charge in [-0.2, -0.15) is 36.4 Å². The summed E-state index contributed by atoms with van der Waals surface area (Å²) >= 11 is 18.8. The van der Waals surface area contributed by atoms with Gasteiger partial charge in [-0.15, -0.1) is 0 Å². The van der Waals surface area contributed by atoms with Crippen LogP contribution in [0.5, 0.6) is 0 Å². The van der Waals surface area contributed by atoms with E-state index in [9.17, 15) is 0 Å². The van der Waals surface area contributed by atoms with E-state index in [0.717, 1.165) is 0 Å². The molecule has 0 spiro atoms. The molecular weight excluding hydrogens is 369 g/mol. The van der Waals surface area contributed by atoms with E-state index in [0.29, 0.717) is 0 Å². The maximum Gasteiger partial charge on any atom is -0.171 e. The second-order valence-electron chi connectivity index (χ2n) is 1.29. The third-order valence-corrected chi connectivity index (χ3v) is 0.607. The molecule has 0 bridgehead atoms. The molecule has 0 amide bonds. The topological polar surface area (TPSA) is 0 Å². The predicted molar refractivity (Wildman–Crippen MR) is 60.1 cm³/mol. The molecule has 0 aliphatic heterocycles. The van der Waals surface area contributed by atoms with Gasteiger partial charge in [-0.3, -0.25) is 0 Å². The molecule has 0 aromatic heterocycles. The van der Waals surface area contributed by atoms with E-state index >= 15 is 0 Å². The minimum Gasteiger partial charge on any atom is -0.184 e. The van der Waals surface area contributed by atoms with Gasteiger partial charge in [0.1, 0.15) is 0 Å². The molecule has 0 nitrogen and oxygen atoms in total. The van der Waals surface area contributed by atoms with E-state index in [1.54, 1.807) is 0 Å². The Hall–Kier alpha value is 1.35. The zero-order valence-electron chi connectivity index (χ0n) is 5.81. The van der Waals surface area contributed by atoms with Crippen molar-refractivity contribution < 1.29 is 13.0 Å². The van der Waals surface area contributed by atoms with Crippen LogP contribution in [0.4, 0.5) is 0 Å². The first-order valence-electron chi connectivity index (χ1n) is 2.63. The Kier molecular flexibility index (Phi) is 19.6. The zero-order chi connectivity index (χ0) is 9.82. The molecule has 0 aliphatic carbocycles. The normalized spacial score (nSPS) is 7.33. The fourth-order valence-electron chi connectivity index (χ4n) is 0.342. The molecule has 0 atom stereocenters. The Morgan fingerprint density at radius 2 is 1.33 bits per heavy atom. The van der Waals surface area contributed by atoms with Gasteiger partial charge >= 0.3 is 33.3 Å². The number of hydrogen-bond donors (Lipinski definition) is 0. The summed E-state index contributed by atoms with van der Waals surface area (Å²) in [7, 11) is 0. The van der Waals surface area contributed by atoms with Gasteiger partial charge in [0, 0.05) is 0 Å². The molecule has 67 valence electrons. The Labute approximate surface area is 108 Å². The first-order valence-corrected chi connectivity index (χ1v) is 7.88. The van der Waals surface area contributed by atoms with Gasteiger partial charge in [-0.05, 0) is 0 Å². The summed E-state index contributed by atoms with van der Waals surface area (Å²) in [6.07, 6.45) is 0. The summed E-state index contributed by atoms with van der Waals surface area (Å²) in [6, 6.07) is 12.5. The first kappa shape index (κ1) is 15.8. The Bertz CT molecular complexity index is 119. The van der Waals surface area contributed by atoms with Gasteiger partial charge in [-0.1, -0.05) is 4.30 Å². The summed E-state index contributed by atoms with van der Waals surface area (Å²) in [5.74, 6) is 0. The van der Waals surface area contributed by atoms with Crippen molar-refractivity contribution in [3.63, 3.8) is 0 Å². The molecule has 0 aliphatic rings. The van der Waals surface area contributed by atoms with Crippen LogP contribution in [-0.2, 0) is 13.0 Å². The van der Waals surface area contributed by atoms with Gasteiger partial charge in [0.2, 0.25) is 0 Å². The molecule has 1 aromatic carbocycles. The van der Waals surface area contributed by atoms with Crippen LogP contribution in [0.25, 0.3) is 0 Å². The molecule has 0 saturated carbocycles. The van der Waals surface area contributed by atoms with Crippen molar-refractivity contribution in [2.75, 3.05) is 0 Å². The average Bonchev–Trinajstić information content (AvgIpc) is 2.10. The smallest absolute Gasteiger partial charge is 0.171 e. The van der Waals surface area contributed by atoms with Gasteiger partial charge in [0.15, 0.2) is 0 Å². The van der Waals surface area contributed by atoms with Crippen molar-refractivity contribution in [1.29, 1.82) is 0 Å². The number of hydrogen-bond acceptors (Lipinski definition) is 0. The van der Waals surface area contributed by atoms with Crippen LogP contribution >= 0.6 is 55.1 Å². The summed E-state index contributed by atoms with van der Waals surface area (Å²) in [5.41, 5.74) is 0. The van der Waals surface area contributed by atoms with Crippen LogP contribution < -0.4 is 0 Å². The van der Waals surface area contributed by atoms with E-state index in [1.807, 2.05) is 50.6 Å². The third-order valence-electron chi connectivity index (χ3n) is 0.607. The van der Waals surface area contributed by atoms with Crippen molar-refractivity contribution >= 4 is 55.1 Å². The molecule has 12 heavy (non-hydrogen) atoms. The van der Waals surface area contributed by atoms with E-state index in [-0.39, 0.29) is 4.30 Å². The molecule has 0 N–H and O–H groups in total. The van der Waals surface area contributed by atoms with Crippen molar-refractivity contribution in [1.82, 2.24) is 0 Å². The minimum absolute atomic E-state index is 0.167. The van der Waals surface area contributed by atoms with Crippen LogP contribution in [0.2, 0.25) is 0 Å². The van der Waals surface area contributed by atoms with Crippen LogP contribution in [0.15, 0.2) is 30.3 Å². The Morgan fingerprint density at radius 3 is 1.42 bits per heavy atom. The second-order valence-corrected chi connectivity index (χ2v) is 3.01. The quantitative estimate of drug-likeness (QED) is 0.463. The molecule has 1 aromatic rings. The second kappa shape index (κ2) is 14.9. The fraction of sp³-hybridized carbons (Fsp3) is 0. The minimum atomic E-state index is -0.167. The molecule has 5 heteroatoms. The summed E-state index contributed by atoms with van der Waals surface area (Å²) in [5, 5.41) is 0. The largest absolute Gasteiger partial charge is 0.184 e. The predicted octanol–water partition coefficient (Wildman–Crippen LogP) is 4.52. The third kappa shape index (κ3) is 22.5. The Morgan fingerprint density at radius 1 is 1.00 bits per heavy atom. The summed E-state index contributed by atoms with van der Waals surface area (Å²) < 4.78 is -0.167. The standard InChI is InChI=1S/C6H5.CCl3.Cr.HI/c1-2-4-6-5-3-1;2-1(3)4;;/h1-5H;;;1H/q2*-1;+3;/p-1. The maximum absolute atomic E-state index is 4.72. The molecular formula is C7H5Cl3CrI. The van der Waals surface area contributed by atoms with E-state index in [2.05, 4.69) is 19.1 Å². The van der Waals surface area contributed by atoms with Crippen LogP contribution in [0, 0.1) is 10.4 Å². The number of rotatable bonds is 0. The summed E-state index contributed by atoms with van der Waals surface area (Å²) in [4.78, 5) is 0. The average molecular weight is 374 g/mol. The SMILES string of the molecule is Cl[C-](Cl)Cl.[Cr+2][I].[c-]1ccccc1. The van der Waals surface area contributed by atoms with Crippen LogP contribution in [0.1, 0.15) is 0 Å². The fourth-order valence-corrected chi connectivity index (χ4v) is 0.342. The number of benzene rings is 1. The van der Waals surface area contributed by atoms with E-state index in [4.69, 9.17) is 34.8 Å². The number of halogens is 4. The molecule has 0 radical (unpaired) electrons. The van der Waals surface area contributed by atoms with Gasteiger partial charge in [-0.25, -0.2) is 0 Å². The molecule has 0 unspecified atom stereocenters. The molecule has 0 fully saturated rings. The van der Waals surface area contributed by atoms with Gasteiger partial charge < -0.3 is 34.8 Å². The zero-order valence-corrected chi connectivity index (χ0v) is 11.5. The molecule has 0 saturated heterocycles. The van der Waals surface area contributed by atoms with E-state index < -0.39 is 0 Å². The Balaban J connectivity index is 0. The summed E-state index contributed by atoms with van der Waals surface area (Å²) in [6.45, 7) is 0. The first-order chi connectivity index (χ1) is 5.73.